The number of ether oxygens (including phenoxy) is 2. The molecular formula is C13H19NO2. The van der Waals surface area contributed by atoms with Gasteiger partial charge in [-0.05, 0) is 25.5 Å². The molecule has 0 aliphatic carbocycles. The van der Waals surface area contributed by atoms with Crippen LogP contribution in [0.4, 0.5) is 5.69 Å². The van der Waals surface area contributed by atoms with Crippen LogP contribution in [-0.2, 0) is 0 Å². The van der Waals surface area contributed by atoms with Crippen molar-refractivity contribution in [2.75, 3.05) is 26.1 Å². The minimum atomic E-state index is 0.818. The first kappa shape index (κ1) is 12.4. The maximum atomic E-state index is 5.26. The van der Waals surface area contributed by atoms with Crippen LogP contribution in [0.15, 0.2) is 30.4 Å². The molecule has 0 atom stereocenters. The Bertz CT molecular complexity index is 361. The molecule has 0 saturated carbocycles. The summed E-state index contributed by atoms with van der Waals surface area (Å²) in [6, 6.07) is 5.70. The summed E-state index contributed by atoms with van der Waals surface area (Å²) in [6.07, 6.45) is 0.945. The number of benzene rings is 1. The van der Waals surface area contributed by atoms with Crippen molar-refractivity contribution >= 4 is 5.69 Å². The lowest BCUT2D eigenvalue weighted by molar-refractivity contribution is 0.404. The Morgan fingerprint density at radius 1 is 1.31 bits per heavy atom. The van der Waals surface area contributed by atoms with Gasteiger partial charge in [-0.15, -0.1) is 6.58 Å². The molecule has 1 aromatic carbocycles. The van der Waals surface area contributed by atoms with E-state index in [1.807, 2.05) is 25.1 Å². The van der Waals surface area contributed by atoms with Crippen LogP contribution in [0.5, 0.6) is 11.5 Å². The zero-order valence-electron chi connectivity index (χ0n) is 10.2. The monoisotopic (exact) mass is 221 g/mol. The van der Waals surface area contributed by atoms with Gasteiger partial charge in [0.05, 0.1) is 19.9 Å². The highest BCUT2D eigenvalue weighted by Crippen LogP contribution is 2.28. The van der Waals surface area contributed by atoms with Crippen molar-refractivity contribution in [3.63, 3.8) is 0 Å². The first-order valence-electron chi connectivity index (χ1n) is 5.27. The first-order valence-corrected chi connectivity index (χ1v) is 5.27. The van der Waals surface area contributed by atoms with E-state index in [0.29, 0.717) is 0 Å². The number of hydrogen-bond acceptors (Lipinski definition) is 3. The molecule has 0 amide bonds. The van der Waals surface area contributed by atoms with Gasteiger partial charge in [0.25, 0.3) is 0 Å². The average Bonchev–Trinajstić information content (AvgIpc) is 2.28. The summed E-state index contributed by atoms with van der Waals surface area (Å²) >= 11 is 0. The van der Waals surface area contributed by atoms with Crippen molar-refractivity contribution in [1.29, 1.82) is 0 Å². The summed E-state index contributed by atoms with van der Waals surface area (Å²) in [5, 5.41) is 3.30. The van der Waals surface area contributed by atoms with Crippen LogP contribution in [0.3, 0.4) is 0 Å². The smallest absolute Gasteiger partial charge is 0.142 e. The van der Waals surface area contributed by atoms with Crippen molar-refractivity contribution in [1.82, 2.24) is 0 Å². The number of nitrogens with one attached hydrogen (secondary N) is 1. The van der Waals surface area contributed by atoms with Crippen LogP contribution in [-0.4, -0.2) is 20.8 Å². The van der Waals surface area contributed by atoms with E-state index in [4.69, 9.17) is 9.47 Å². The predicted molar refractivity (Wildman–Crippen MR) is 67.5 cm³/mol. The largest absolute Gasteiger partial charge is 0.497 e. The Kier molecular flexibility index (Phi) is 4.70. The van der Waals surface area contributed by atoms with E-state index in [9.17, 15) is 0 Å². The highest BCUT2D eigenvalue weighted by Gasteiger charge is 2.03. The van der Waals surface area contributed by atoms with Crippen molar-refractivity contribution in [3.05, 3.63) is 30.4 Å². The van der Waals surface area contributed by atoms with Crippen molar-refractivity contribution in [3.8, 4) is 11.5 Å². The molecule has 0 heterocycles. The Hall–Kier alpha value is -1.64. The topological polar surface area (TPSA) is 30.5 Å². The molecule has 16 heavy (non-hydrogen) atoms. The van der Waals surface area contributed by atoms with Crippen LogP contribution >= 0.6 is 0 Å². The van der Waals surface area contributed by atoms with Gasteiger partial charge in [-0.2, -0.15) is 0 Å². The molecule has 3 heteroatoms. The molecule has 1 aromatic rings. The molecule has 0 aliphatic rings. The maximum Gasteiger partial charge on any atom is 0.142 e. The molecule has 0 saturated heterocycles. The summed E-state index contributed by atoms with van der Waals surface area (Å²) < 4.78 is 10.4. The van der Waals surface area contributed by atoms with Crippen molar-refractivity contribution < 1.29 is 9.47 Å². The van der Waals surface area contributed by atoms with E-state index < -0.39 is 0 Å². The standard InChI is InChI=1S/C13H19NO2/c1-10(2)7-8-14-12-9-11(15-3)5-6-13(12)16-4/h5-6,9,14H,1,7-8H2,2-4H3. The van der Waals surface area contributed by atoms with Gasteiger partial charge >= 0.3 is 0 Å². The molecule has 0 spiro atoms. The summed E-state index contributed by atoms with van der Waals surface area (Å²) in [4.78, 5) is 0. The SMILES string of the molecule is C=C(C)CCNc1cc(OC)ccc1OC. The molecular weight excluding hydrogens is 202 g/mol. The van der Waals surface area contributed by atoms with E-state index in [1.54, 1.807) is 14.2 Å². The van der Waals surface area contributed by atoms with Gasteiger partial charge in [-0.3, -0.25) is 0 Å². The summed E-state index contributed by atoms with van der Waals surface area (Å²) in [7, 11) is 3.31. The maximum absolute atomic E-state index is 5.26. The van der Waals surface area contributed by atoms with Gasteiger partial charge < -0.3 is 14.8 Å². The fraction of sp³-hybridized carbons (Fsp3) is 0.385. The normalized spacial score (nSPS) is 9.69. The second kappa shape index (κ2) is 6.05. The van der Waals surface area contributed by atoms with Crippen molar-refractivity contribution in [2.24, 2.45) is 0 Å². The minimum Gasteiger partial charge on any atom is -0.497 e. The Morgan fingerprint density at radius 2 is 2.06 bits per heavy atom. The summed E-state index contributed by atoms with van der Waals surface area (Å²) in [5.74, 6) is 1.64. The highest BCUT2D eigenvalue weighted by molar-refractivity contribution is 5.59. The van der Waals surface area contributed by atoms with Gasteiger partial charge in [0, 0.05) is 12.6 Å². The molecule has 88 valence electrons. The van der Waals surface area contributed by atoms with Crippen LogP contribution in [0.2, 0.25) is 0 Å². The van der Waals surface area contributed by atoms with Gasteiger partial charge in [-0.1, -0.05) is 5.57 Å². The van der Waals surface area contributed by atoms with E-state index in [0.717, 1.165) is 35.7 Å². The second-order valence-electron chi connectivity index (χ2n) is 3.70. The second-order valence-corrected chi connectivity index (χ2v) is 3.70. The first-order chi connectivity index (χ1) is 7.67. The molecule has 0 fully saturated rings. The number of rotatable bonds is 6. The van der Waals surface area contributed by atoms with E-state index in [-0.39, 0.29) is 0 Å². The minimum absolute atomic E-state index is 0.818. The van der Waals surface area contributed by atoms with Crippen molar-refractivity contribution in [2.45, 2.75) is 13.3 Å². The predicted octanol–water partition coefficient (Wildman–Crippen LogP) is 3.08. The molecule has 1 N–H and O–H groups in total. The summed E-state index contributed by atoms with van der Waals surface area (Å²) in [5.41, 5.74) is 2.11. The summed E-state index contributed by atoms with van der Waals surface area (Å²) in [6.45, 7) is 6.73. The van der Waals surface area contributed by atoms with E-state index in [1.165, 1.54) is 0 Å². The lowest BCUT2D eigenvalue weighted by atomic mass is 10.2. The average molecular weight is 221 g/mol. The molecule has 3 nitrogen and oxygen atoms in total. The van der Waals surface area contributed by atoms with Crippen LogP contribution in [0, 0.1) is 0 Å². The van der Waals surface area contributed by atoms with Crippen LogP contribution in [0.25, 0.3) is 0 Å². The lowest BCUT2D eigenvalue weighted by Crippen LogP contribution is -2.03. The Labute approximate surface area is 97.1 Å². The lowest BCUT2D eigenvalue weighted by Gasteiger charge is -2.12. The van der Waals surface area contributed by atoms with Gasteiger partial charge in [0.2, 0.25) is 0 Å². The Balaban J connectivity index is 2.71. The quantitative estimate of drug-likeness (QED) is 0.749. The third-order valence-corrected chi connectivity index (χ3v) is 2.27. The fourth-order valence-electron chi connectivity index (χ4n) is 1.36. The zero-order valence-corrected chi connectivity index (χ0v) is 10.2. The molecule has 1 rings (SSSR count). The number of hydrogen-bond donors (Lipinski definition) is 1. The van der Waals surface area contributed by atoms with Gasteiger partial charge in [0.15, 0.2) is 0 Å². The van der Waals surface area contributed by atoms with Gasteiger partial charge in [0.1, 0.15) is 11.5 Å². The van der Waals surface area contributed by atoms with Crippen LogP contribution < -0.4 is 14.8 Å². The number of methoxy groups -OCH3 is 2. The molecule has 0 aromatic heterocycles. The Morgan fingerprint density at radius 3 is 2.62 bits per heavy atom. The van der Waals surface area contributed by atoms with Crippen LogP contribution in [0.1, 0.15) is 13.3 Å². The van der Waals surface area contributed by atoms with E-state index in [2.05, 4.69) is 11.9 Å². The third kappa shape index (κ3) is 3.50. The molecule has 0 bridgehead atoms. The zero-order chi connectivity index (χ0) is 12.0. The number of anilines is 1. The molecule has 0 radical (unpaired) electrons. The highest BCUT2D eigenvalue weighted by atomic mass is 16.5. The fourth-order valence-corrected chi connectivity index (χ4v) is 1.36. The van der Waals surface area contributed by atoms with Gasteiger partial charge in [-0.25, -0.2) is 0 Å². The molecule has 0 unspecified atom stereocenters. The van der Waals surface area contributed by atoms with E-state index >= 15 is 0 Å². The molecule has 0 aliphatic heterocycles. The third-order valence-electron chi connectivity index (χ3n) is 2.27.